The van der Waals surface area contributed by atoms with Gasteiger partial charge in [-0.2, -0.15) is 0 Å². The summed E-state index contributed by atoms with van der Waals surface area (Å²) in [6.07, 6.45) is -0.379. The van der Waals surface area contributed by atoms with Gasteiger partial charge in [0.2, 0.25) is 0 Å². The van der Waals surface area contributed by atoms with E-state index in [1.807, 2.05) is 0 Å². The molecule has 0 unspecified atom stereocenters. The molecule has 2 aromatic heterocycles. The molecule has 8 heteroatoms. The number of ketones is 1. The number of alkyl halides is 3. The third-order valence-electron chi connectivity index (χ3n) is 3.03. The molecular weight excluding hydrogens is 355 g/mol. The molecule has 0 aliphatic heterocycles. The summed E-state index contributed by atoms with van der Waals surface area (Å²) in [7, 11) is 0. The smallest absolute Gasteiger partial charge is 0.462 e. The van der Waals surface area contributed by atoms with Crippen molar-refractivity contribution in [2.24, 2.45) is 0 Å². The summed E-state index contributed by atoms with van der Waals surface area (Å²) >= 11 is 1.37. The van der Waals surface area contributed by atoms with Gasteiger partial charge in [0.15, 0.2) is 16.6 Å². The Labute approximate surface area is 144 Å². The van der Waals surface area contributed by atoms with Crippen molar-refractivity contribution in [3.63, 3.8) is 0 Å². The SMILES string of the molecule is O=C(/C=C/c1csc(-c2ccco2)n1)c1ccc(OC(F)(F)F)cc1. The van der Waals surface area contributed by atoms with Crippen LogP contribution in [0.2, 0.25) is 0 Å². The lowest BCUT2D eigenvalue weighted by Crippen LogP contribution is -2.17. The van der Waals surface area contributed by atoms with Crippen LogP contribution >= 0.6 is 11.3 Å². The average Bonchev–Trinajstić information content (AvgIpc) is 3.23. The van der Waals surface area contributed by atoms with Gasteiger partial charge >= 0.3 is 6.36 Å². The van der Waals surface area contributed by atoms with Crippen LogP contribution in [-0.2, 0) is 0 Å². The van der Waals surface area contributed by atoms with Crippen LogP contribution in [0.15, 0.2) is 58.5 Å². The number of allylic oxidation sites excluding steroid dienone is 1. The highest BCUT2D eigenvalue weighted by Gasteiger charge is 2.31. The predicted molar refractivity (Wildman–Crippen MR) is 86.3 cm³/mol. The van der Waals surface area contributed by atoms with Crippen molar-refractivity contribution in [1.29, 1.82) is 0 Å². The Morgan fingerprint density at radius 2 is 1.96 bits per heavy atom. The van der Waals surface area contributed by atoms with Crippen molar-refractivity contribution in [3.05, 3.63) is 65.4 Å². The molecule has 2 heterocycles. The summed E-state index contributed by atoms with van der Waals surface area (Å²) < 4.78 is 45.3. The van der Waals surface area contributed by atoms with Crippen LogP contribution < -0.4 is 4.74 Å². The second kappa shape index (κ2) is 6.94. The van der Waals surface area contributed by atoms with Crippen LogP contribution in [0.3, 0.4) is 0 Å². The van der Waals surface area contributed by atoms with E-state index in [1.54, 1.807) is 23.8 Å². The number of aromatic nitrogens is 1. The quantitative estimate of drug-likeness (QED) is 0.461. The van der Waals surface area contributed by atoms with E-state index in [-0.39, 0.29) is 17.1 Å². The minimum atomic E-state index is -4.76. The minimum Gasteiger partial charge on any atom is -0.462 e. The minimum absolute atomic E-state index is 0.243. The fourth-order valence-corrected chi connectivity index (χ4v) is 2.71. The van der Waals surface area contributed by atoms with Crippen LogP contribution in [0.4, 0.5) is 13.2 Å². The number of nitrogens with zero attached hydrogens (tertiary/aromatic N) is 1. The van der Waals surface area contributed by atoms with Crippen LogP contribution in [0.1, 0.15) is 16.1 Å². The zero-order valence-corrected chi connectivity index (χ0v) is 13.3. The van der Waals surface area contributed by atoms with E-state index in [9.17, 15) is 18.0 Å². The number of carbonyl (C=O) groups excluding carboxylic acids is 1. The first-order valence-electron chi connectivity index (χ1n) is 6.98. The molecular formula is C17H10F3NO3S. The second-order valence-electron chi connectivity index (χ2n) is 4.82. The number of thiazole rings is 1. The van der Waals surface area contributed by atoms with Gasteiger partial charge < -0.3 is 9.15 Å². The first-order valence-corrected chi connectivity index (χ1v) is 7.86. The number of ether oxygens (including phenoxy) is 1. The van der Waals surface area contributed by atoms with Crippen LogP contribution in [-0.4, -0.2) is 17.1 Å². The average molecular weight is 365 g/mol. The van der Waals surface area contributed by atoms with Gasteiger partial charge in [0.25, 0.3) is 0 Å². The van der Waals surface area contributed by atoms with Crippen LogP contribution in [0.5, 0.6) is 5.75 Å². The molecule has 3 rings (SSSR count). The van der Waals surface area contributed by atoms with E-state index in [0.29, 0.717) is 16.5 Å². The number of furan rings is 1. The Bertz CT molecular complexity index is 881. The molecule has 0 aliphatic rings. The normalized spacial score (nSPS) is 11.8. The van der Waals surface area contributed by atoms with E-state index < -0.39 is 6.36 Å². The molecule has 0 aliphatic carbocycles. The number of benzene rings is 1. The van der Waals surface area contributed by atoms with Gasteiger partial charge in [0.1, 0.15) is 5.75 Å². The van der Waals surface area contributed by atoms with Gasteiger partial charge in [0.05, 0.1) is 12.0 Å². The van der Waals surface area contributed by atoms with Gasteiger partial charge in [-0.05, 0) is 48.6 Å². The summed E-state index contributed by atoms with van der Waals surface area (Å²) in [6.45, 7) is 0. The number of hydrogen-bond donors (Lipinski definition) is 0. The summed E-state index contributed by atoms with van der Waals surface area (Å²) in [5.74, 6) is -0.0991. The maximum absolute atomic E-state index is 12.1. The molecule has 0 N–H and O–H groups in total. The molecule has 1 aromatic carbocycles. The largest absolute Gasteiger partial charge is 0.573 e. The van der Waals surface area contributed by atoms with Crippen LogP contribution in [0.25, 0.3) is 16.8 Å². The Kier molecular flexibility index (Phi) is 4.71. The maximum Gasteiger partial charge on any atom is 0.573 e. The summed E-state index contributed by atoms with van der Waals surface area (Å²) in [4.78, 5) is 16.4. The van der Waals surface area contributed by atoms with Crippen LogP contribution in [0, 0.1) is 0 Å². The summed E-state index contributed by atoms with van der Waals surface area (Å²) in [6, 6.07) is 8.25. The van der Waals surface area contributed by atoms with Crippen molar-refractivity contribution < 1.29 is 27.1 Å². The van der Waals surface area contributed by atoms with Gasteiger partial charge in [0, 0.05) is 10.9 Å². The lowest BCUT2D eigenvalue weighted by atomic mass is 10.1. The van der Waals surface area contributed by atoms with E-state index in [2.05, 4.69) is 9.72 Å². The Morgan fingerprint density at radius 1 is 1.20 bits per heavy atom. The van der Waals surface area contributed by atoms with Gasteiger partial charge in [-0.3, -0.25) is 4.79 Å². The van der Waals surface area contributed by atoms with Gasteiger partial charge in [-0.1, -0.05) is 0 Å². The van der Waals surface area contributed by atoms with Gasteiger partial charge in [-0.15, -0.1) is 24.5 Å². The highest BCUT2D eigenvalue weighted by molar-refractivity contribution is 7.13. The molecule has 0 spiro atoms. The number of hydrogen-bond acceptors (Lipinski definition) is 5. The molecule has 0 radical (unpaired) electrons. The molecule has 25 heavy (non-hydrogen) atoms. The first kappa shape index (κ1) is 17.0. The topological polar surface area (TPSA) is 52.3 Å². The first-order chi connectivity index (χ1) is 11.9. The molecule has 0 atom stereocenters. The zero-order chi connectivity index (χ0) is 17.9. The Balaban J connectivity index is 1.66. The lowest BCUT2D eigenvalue weighted by molar-refractivity contribution is -0.274. The number of carbonyl (C=O) groups is 1. The third kappa shape index (κ3) is 4.57. The monoisotopic (exact) mass is 365 g/mol. The zero-order valence-electron chi connectivity index (χ0n) is 12.5. The molecule has 4 nitrogen and oxygen atoms in total. The fraction of sp³-hybridized carbons (Fsp3) is 0.0588. The molecule has 0 saturated carbocycles. The van der Waals surface area contributed by atoms with Crippen molar-refractivity contribution >= 4 is 23.2 Å². The van der Waals surface area contributed by atoms with E-state index in [4.69, 9.17) is 4.42 Å². The van der Waals surface area contributed by atoms with Crippen molar-refractivity contribution in [1.82, 2.24) is 4.98 Å². The summed E-state index contributed by atoms with van der Waals surface area (Å²) in [5, 5.41) is 2.45. The van der Waals surface area contributed by atoms with Crippen molar-refractivity contribution in [2.75, 3.05) is 0 Å². The fourth-order valence-electron chi connectivity index (χ4n) is 1.95. The third-order valence-corrected chi connectivity index (χ3v) is 3.91. The molecule has 0 fully saturated rings. The standard InChI is InChI=1S/C17H10F3NO3S/c18-17(19,20)24-13-6-3-11(4-7-13)14(22)8-5-12-10-25-16(21-12)15-2-1-9-23-15/h1-10H/b8-5+. The van der Waals surface area contributed by atoms with E-state index in [0.717, 1.165) is 12.1 Å². The van der Waals surface area contributed by atoms with Crippen molar-refractivity contribution in [2.45, 2.75) is 6.36 Å². The van der Waals surface area contributed by atoms with Gasteiger partial charge in [-0.25, -0.2) is 4.98 Å². The second-order valence-corrected chi connectivity index (χ2v) is 5.68. The maximum atomic E-state index is 12.1. The number of rotatable bonds is 5. The summed E-state index contributed by atoms with van der Waals surface area (Å²) in [5.41, 5.74) is 0.828. The van der Waals surface area contributed by atoms with Crippen molar-refractivity contribution in [3.8, 4) is 16.5 Å². The molecule has 0 saturated heterocycles. The van der Waals surface area contributed by atoms with E-state index in [1.165, 1.54) is 35.6 Å². The Morgan fingerprint density at radius 3 is 2.60 bits per heavy atom. The molecule has 3 aromatic rings. The highest BCUT2D eigenvalue weighted by Crippen LogP contribution is 2.25. The molecule has 0 amide bonds. The highest BCUT2D eigenvalue weighted by atomic mass is 32.1. The van der Waals surface area contributed by atoms with E-state index >= 15 is 0 Å². The predicted octanol–water partition coefficient (Wildman–Crippen LogP) is 5.20. The molecule has 128 valence electrons. The molecule has 0 bridgehead atoms. The number of halogens is 3. The Hall–Kier alpha value is -2.87. The lowest BCUT2D eigenvalue weighted by Gasteiger charge is -2.08.